The maximum atomic E-state index is 11.8. The van der Waals surface area contributed by atoms with Crippen LogP contribution < -0.4 is 20.4 Å². The van der Waals surface area contributed by atoms with Crippen LogP contribution >= 0.6 is 0 Å². The second-order valence-corrected chi connectivity index (χ2v) is 5.84. The van der Waals surface area contributed by atoms with Crippen LogP contribution in [-0.2, 0) is 0 Å². The van der Waals surface area contributed by atoms with Crippen molar-refractivity contribution in [2.24, 2.45) is 5.10 Å². The molecule has 6 heteroatoms. The minimum absolute atomic E-state index is 0.393. The van der Waals surface area contributed by atoms with Gasteiger partial charge in [-0.2, -0.15) is 5.10 Å². The predicted octanol–water partition coefficient (Wildman–Crippen LogP) is 3.45. The van der Waals surface area contributed by atoms with Gasteiger partial charge < -0.3 is 15.0 Å². The highest BCUT2D eigenvalue weighted by Crippen LogP contribution is 2.20. The van der Waals surface area contributed by atoms with Gasteiger partial charge in [0.25, 0.3) is 0 Å². The summed E-state index contributed by atoms with van der Waals surface area (Å²) in [5.74, 6) is 0.737. The smallest absolute Gasteiger partial charge is 0.339 e. The molecule has 1 saturated heterocycles. The molecule has 3 rings (SSSR count). The fraction of sp³-hybridized carbons (Fsp3) is 0.263. The van der Waals surface area contributed by atoms with Crippen molar-refractivity contribution < 1.29 is 9.53 Å². The van der Waals surface area contributed by atoms with Crippen LogP contribution in [-0.4, -0.2) is 32.4 Å². The molecule has 0 radical (unpaired) electrons. The number of ether oxygens (including phenoxy) is 1. The van der Waals surface area contributed by atoms with Crippen LogP contribution in [0.4, 0.5) is 16.2 Å². The summed E-state index contributed by atoms with van der Waals surface area (Å²) in [6.45, 7) is 2.25. The highest BCUT2D eigenvalue weighted by molar-refractivity contribution is 5.90. The first-order chi connectivity index (χ1) is 12.2. The van der Waals surface area contributed by atoms with E-state index in [-0.39, 0.29) is 0 Å². The second-order valence-electron chi connectivity index (χ2n) is 5.84. The standard InChI is InChI=1S/C19H22N4O2/c1-25-18-10-6-16(7-11-18)21-19(24)22-20-14-15-4-8-17(9-5-15)23-12-2-3-13-23/h4-11,14H,2-3,12-13H2,1H3,(H2,21,22,24). The molecule has 0 saturated carbocycles. The number of amides is 2. The van der Waals surface area contributed by atoms with Crippen LogP contribution in [0.25, 0.3) is 0 Å². The van der Waals surface area contributed by atoms with E-state index < -0.39 is 6.03 Å². The summed E-state index contributed by atoms with van der Waals surface area (Å²) in [6.07, 6.45) is 4.15. The molecule has 1 aliphatic rings. The lowest BCUT2D eigenvalue weighted by atomic mass is 10.2. The molecule has 0 atom stereocenters. The Labute approximate surface area is 147 Å². The minimum atomic E-state index is -0.393. The molecular formula is C19H22N4O2. The van der Waals surface area contributed by atoms with Crippen LogP contribution in [0.1, 0.15) is 18.4 Å². The highest BCUT2D eigenvalue weighted by Gasteiger charge is 2.11. The molecule has 0 spiro atoms. The zero-order valence-corrected chi connectivity index (χ0v) is 14.2. The molecule has 2 aromatic carbocycles. The monoisotopic (exact) mass is 338 g/mol. The molecule has 1 fully saturated rings. The number of nitrogens with zero attached hydrogens (tertiary/aromatic N) is 2. The van der Waals surface area contributed by atoms with Crippen molar-refractivity contribution in [1.29, 1.82) is 0 Å². The number of methoxy groups -OCH3 is 1. The Morgan fingerprint density at radius 3 is 2.40 bits per heavy atom. The predicted molar refractivity (Wildman–Crippen MR) is 101 cm³/mol. The number of benzene rings is 2. The van der Waals surface area contributed by atoms with Crippen molar-refractivity contribution in [3.05, 3.63) is 54.1 Å². The zero-order valence-electron chi connectivity index (χ0n) is 14.2. The van der Waals surface area contributed by atoms with Crippen LogP contribution in [0, 0.1) is 0 Å². The highest BCUT2D eigenvalue weighted by atomic mass is 16.5. The Morgan fingerprint density at radius 1 is 1.08 bits per heavy atom. The van der Waals surface area contributed by atoms with Crippen molar-refractivity contribution in [3.8, 4) is 5.75 Å². The summed E-state index contributed by atoms with van der Waals surface area (Å²) in [7, 11) is 1.60. The number of hydrazone groups is 1. The molecule has 1 heterocycles. The van der Waals surface area contributed by atoms with Gasteiger partial charge in [0.15, 0.2) is 0 Å². The minimum Gasteiger partial charge on any atom is -0.497 e. The van der Waals surface area contributed by atoms with Gasteiger partial charge >= 0.3 is 6.03 Å². The van der Waals surface area contributed by atoms with Crippen molar-refractivity contribution in [2.45, 2.75) is 12.8 Å². The van der Waals surface area contributed by atoms with Crippen LogP contribution in [0.2, 0.25) is 0 Å². The van der Waals surface area contributed by atoms with E-state index in [0.29, 0.717) is 5.69 Å². The fourth-order valence-corrected chi connectivity index (χ4v) is 2.75. The average molecular weight is 338 g/mol. The normalized spacial score (nSPS) is 13.9. The molecular weight excluding hydrogens is 316 g/mol. The van der Waals surface area contributed by atoms with Crippen LogP contribution in [0.3, 0.4) is 0 Å². The Morgan fingerprint density at radius 2 is 1.76 bits per heavy atom. The Balaban J connectivity index is 1.49. The molecule has 0 aromatic heterocycles. The van der Waals surface area contributed by atoms with Crippen LogP contribution in [0.5, 0.6) is 5.75 Å². The SMILES string of the molecule is COc1ccc(NC(=O)NN=Cc2ccc(N3CCCC3)cc2)cc1. The largest absolute Gasteiger partial charge is 0.497 e. The summed E-state index contributed by atoms with van der Waals surface area (Å²) in [5.41, 5.74) is 5.30. The van der Waals surface area contributed by atoms with E-state index in [0.717, 1.165) is 24.4 Å². The Bertz CT molecular complexity index is 720. The van der Waals surface area contributed by atoms with E-state index in [4.69, 9.17) is 4.74 Å². The fourth-order valence-electron chi connectivity index (χ4n) is 2.75. The van der Waals surface area contributed by atoms with Gasteiger partial charge in [0.1, 0.15) is 5.75 Å². The molecule has 0 aliphatic carbocycles. The van der Waals surface area contributed by atoms with Gasteiger partial charge in [0.05, 0.1) is 13.3 Å². The van der Waals surface area contributed by atoms with E-state index in [2.05, 4.69) is 32.9 Å². The summed E-state index contributed by atoms with van der Waals surface area (Å²) >= 11 is 0. The van der Waals surface area contributed by atoms with E-state index in [1.807, 2.05) is 12.1 Å². The number of hydrogen-bond donors (Lipinski definition) is 2. The molecule has 2 aromatic rings. The lowest BCUT2D eigenvalue weighted by molar-refractivity contribution is 0.252. The maximum Gasteiger partial charge on any atom is 0.339 e. The van der Waals surface area contributed by atoms with Gasteiger partial charge in [-0.1, -0.05) is 12.1 Å². The summed E-state index contributed by atoms with van der Waals surface area (Å²) < 4.78 is 5.07. The maximum absolute atomic E-state index is 11.8. The van der Waals surface area contributed by atoms with E-state index in [1.165, 1.54) is 18.5 Å². The summed E-state index contributed by atoms with van der Waals surface area (Å²) in [5, 5.41) is 6.67. The first-order valence-electron chi connectivity index (χ1n) is 8.34. The summed E-state index contributed by atoms with van der Waals surface area (Å²) in [6, 6.07) is 14.9. The van der Waals surface area contributed by atoms with Gasteiger partial charge in [0, 0.05) is 24.5 Å². The number of hydrogen-bond acceptors (Lipinski definition) is 4. The number of anilines is 2. The van der Waals surface area contributed by atoms with E-state index in [9.17, 15) is 4.79 Å². The molecule has 6 nitrogen and oxygen atoms in total. The second kappa shape index (κ2) is 8.19. The van der Waals surface area contributed by atoms with Gasteiger partial charge in [-0.15, -0.1) is 0 Å². The average Bonchev–Trinajstić information content (AvgIpc) is 3.18. The third-order valence-corrected chi connectivity index (χ3v) is 4.09. The lowest BCUT2D eigenvalue weighted by Gasteiger charge is -2.17. The molecule has 1 aliphatic heterocycles. The van der Waals surface area contributed by atoms with Crippen molar-refractivity contribution in [2.75, 3.05) is 30.4 Å². The van der Waals surface area contributed by atoms with Crippen molar-refractivity contribution in [1.82, 2.24) is 5.43 Å². The molecule has 130 valence electrons. The van der Waals surface area contributed by atoms with Gasteiger partial charge in [0.2, 0.25) is 0 Å². The molecule has 0 unspecified atom stereocenters. The van der Waals surface area contributed by atoms with Gasteiger partial charge in [-0.05, 0) is 54.8 Å². The zero-order chi connectivity index (χ0) is 17.5. The molecule has 2 amide bonds. The Kier molecular flexibility index (Phi) is 5.51. The third-order valence-electron chi connectivity index (χ3n) is 4.09. The number of carbonyl (C=O) groups is 1. The summed E-state index contributed by atoms with van der Waals surface area (Å²) in [4.78, 5) is 14.2. The van der Waals surface area contributed by atoms with Crippen molar-refractivity contribution >= 4 is 23.6 Å². The molecule has 2 N–H and O–H groups in total. The number of nitrogens with one attached hydrogen (secondary N) is 2. The van der Waals surface area contributed by atoms with Gasteiger partial charge in [-0.3, -0.25) is 0 Å². The molecule has 25 heavy (non-hydrogen) atoms. The number of rotatable bonds is 5. The quantitative estimate of drug-likeness (QED) is 0.648. The topological polar surface area (TPSA) is 66.0 Å². The lowest BCUT2D eigenvalue weighted by Crippen LogP contribution is -2.24. The first-order valence-corrected chi connectivity index (χ1v) is 8.34. The third kappa shape index (κ3) is 4.73. The number of urea groups is 1. The van der Waals surface area contributed by atoms with Gasteiger partial charge in [-0.25, -0.2) is 10.2 Å². The number of carbonyl (C=O) groups excluding carboxylic acids is 1. The molecule has 0 bridgehead atoms. The van der Waals surface area contributed by atoms with Crippen LogP contribution in [0.15, 0.2) is 53.6 Å². The first kappa shape index (κ1) is 16.8. The Hall–Kier alpha value is -3.02. The van der Waals surface area contributed by atoms with E-state index >= 15 is 0 Å². The van der Waals surface area contributed by atoms with Crippen molar-refractivity contribution in [3.63, 3.8) is 0 Å². The van der Waals surface area contributed by atoms with E-state index in [1.54, 1.807) is 37.6 Å².